The number of ether oxygens (including phenoxy) is 1. The minimum absolute atomic E-state index is 0.627. The van der Waals surface area contributed by atoms with Crippen LogP contribution in [0.1, 0.15) is 19.8 Å². The molecule has 1 unspecified atom stereocenters. The lowest BCUT2D eigenvalue weighted by Gasteiger charge is -2.26. The molecule has 1 N–H and O–H groups in total. The number of hydrogen-bond donors (Lipinski definition) is 1. The zero-order valence-corrected chi connectivity index (χ0v) is 11.6. The Hall–Kier alpha value is -1.22. The fourth-order valence-electron chi connectivity index (χ4n) is 2.38. The lowest BCUT2D eigenvalue weighted by atomic mass is 10.1. The number of nitrogens with zero attached hydrogens (tertiary/aromatic N) is 1. The van der Waals surface area contributed by atoms with Gasteiger partial charge in [-0.2, -0.15) is 0 Å². The quantitative estimate of drug-likeness (QED) is 0.802. The van der Waals surface area contributed by atoms with Crippen LogP contribution >= 0.6 is 0 Å². The van der Waals surface area contributed by atoms with E-state index in [1.165, 1.54) is 18.5 Å². The van der Waals surface area contributed by atoms with Gasteiger partial charge in [-0.3, -0.25) is 0 Å². The smallest absolute Gasteiger partial charge is 0.119 e. The monoisotopic (exact) mass is 248 g/mol. The molecule has 0 spiro atoms. The van der Waals surface area contributed by atoms with Crippen LogP contribution in [0.5, 0.6) is 5.75 Å². The zero-order chi connectivity index (χ0) is 13.0. The van der Waals surface area contributed by atoms with E-state index < -0.39 is 0 Å². The highest BCUT2D eigenvalue weighted by Crippen LogP contribution is 2.33. The second-order valence-corrected chi connectivity index (χ2v) is 5.08. The van der Waals surface area contributed by atoms with Crippen molar-refractivity contribution in [3.05, 3.63) is 24.3 Å². The molecule has 3 heteroatoms. The Morgan fingerprint density at radius 3 is 2.50 bits per heavy atom. The average molecular weight is 248 g/mol. The zero-order valence-electron chi connectivity index (χ0n) is 11.6. The van der Waals surface area contributed by atoms with Crippen molar-refractivity contribution in [1.29, 1.82) is 0 Å². The molecule has 0 heterocycles. The van der Waals surface area contributed by atoms with Gasteiger partial charge in [-0.15, -0.1) is 0 Å². The molecule has 1 aromatic rings. The number of benzene rings is 1. The summed E-state index contributed by atoms with van der Waals surface area (Å²) in [6.07, 6.45) is 2.77. The van der Waals surface area contributed by atoms with Gasteiger partial charge in [-0.05, 0) is 49.6 Å². The topological polar surface area (TPSA) is 24.5 Å². The van der Waals surface area contributed by atoms with Crippen molar-refractivity contribution in [2.24, 2.45) is 5.92 Å². The Morgan fingerprint density at radius 1 is 1.33 bits per heavy atom. The highest BCUT2D eigenvalue weighted by atomic mass is 16.5. The number of likely N-dealkylation sites (N-methyl/N-ethyl adjacent to an activating group) is 2. The van der Waals surface area contributed by atoms with E-state index in [4.69, 9.17) is 4.74 Å². The summed E-state index contributed by atoms with van der Waals surface area (Å²) in [4.78, 5) is 2.32. The Balaban J connectivity index is 1.94. The Bertz CT molecular complexity index is 359. The van der Waals surface area contributed by atoms with Gasteiger partial charge in [0.15, 0.2) is 0 Å². The molecule has 0 amide bonds. The predicted octanol–water partition coefficient (Wildman–Crippen LogP) is 2.52. The molecule has 3 nitrogen and oxygen atoms in total. The molecular weight excluding hydrogens is 224 g/mol. The number of nitrogens with one attached hydrogen (secondary N) is 1. The first-order valence-corrected chi connectivity index (χ1v) is 6.83. The van der Waals surface area contributed by atoms with Crippen molar-refractivity contribution in [1.82, 2.24) is 5.32 Å². The highest BCUT2D eigenvalue weighted by Gasteiger charge is 2.31. The maximum atomic E-state index is 5.19. The SMILES string of the molecule is CCNC(CN(C)c1ccc(OC)cc1)C1CC1. The van der Waals surface area contributed by atoms with Crippen molar-refractivity contribution >= 4 is 5.69 Å². The summed E-state index contributed by atoms with van der Waals surface area (Å²) < 4.78 is 5.19. The first-order chi connectivity index (χ1) is 8.74. The van der Waals surface area contributed by atoms with E-state index in [0.29, 0.717) is 6.04 Å². The summed E-state index contributed by atoms with van der Waals surface area (Å²) in [5.74, 6) is 1.79. The largest absolute Gasteiger partial charge is 0.497 e. The second kappa shape index (κ2) is 6.10. The van der Waals surface area contributed by atoms with Gasteiger partial charge in [0.25, 0.3) is 0 Å². The molecule has 1 aliphatic rings. The van der Waals surface area contributed by atoms with E-state index in [9.17, 15) is 0 Å². The van der Waals surface area contributed by atoms with Gasteiger partial charge in [-0.1, -0.05) is 6.92 Å². The van der Waals surface area contributed by atoms with Gasteiger partial charge in [0.2, 0.25) is 0 Å². The predicted molar refractivity (Wildman–Crippen MR) is 76.5 cm³/mol. The molecule has 0 aliphatic heterocycles. The molecule has 0 saturated heterocycles. The van der Waals surface area contributed by atoms with E-state index in [-0.39, 0.29) is 0 Å². The molecule has 1 aliphatic carbocycles. The van der Waals surface area contributed by atoms with E-state index in [1.807, 2.05) is 12.1 Å². The molecule has 18 heavy (non-hydrogen) atoms. The molecule has 1 aromatic carbocycles. The summed E-state index contributed by atoms with van der Waals surface area (Å²) in [5, 5.41) is 3.60. The minimum Gasteiger partial charge on any atom is -0.497 e. The van der Waals surface area contributed by atoms with Crippen LogP contribution in [0.3, 0.4) is 0 Å². The number of hydrogen-bond acceptors (Lipinski definition) is 3. The van der Waals surface area contributed by atoms with E-state index in [2.05, 4.69) is 36.3 Å². The van der Waals surface area contributed by atoms with Gasteiger partial charge in [0.05, 0.1) is 7.11 Å². The third-order valence-corrected chi connectivity index (χ3v) is 3.64. The lowest BCUT2D eigenvalue weighted by Crippen LogP contribution is -2.41. The van der Waals surface area contributed by atoms with Crippen LogP contribution in [-0.2, 0) is 0 Å². The van der Waals surface area contributed by atoms with Gasteiger partial charge in [-0.25, -0.2) is 0 Å². The van der Waals surface area contributed by atoms with Crippen LogP contribution in [0, 0.1) is 5.92 Å². The molecule has 1 saturated carbocycles. The van der Waals surface area contributed by atoms with Crippen LogP contribution in [0.25, 0.3) is 0 Å². The number of rotatable bonds is 7. The second-order valence-electron chi connectivity index (χ2n) is 5.08. The van der Waals surface area contributed by atoms with Gasteiger partial charge in [0, 0.05) is 25.3 Å². The molecule has 1 atom stereocenters. The van der Waals surface area contributed by atoms with Crippen molar-refractivity contribution in [2.45, 2.75) is 25.8 Å². The molecule has 100 valence electrons. The molecule has 1 fully saturated rings. The van der Waals surface area contributed by atoms with Crippen molar-refractivity contribution in [3.63, 3.8) is 0 Å². The van der Waals surface area contributed by atoms with Crippen LogP contribution in [0.4, 0.5) is 5.69 Å². The standard InChI is InChI=1S/C15H24N2O/c1-4-16-15(12-5-6-12)11-17(2)13-7-9-14(18-3)10-8-13/h7-10,12,15-16H,4-6,11H2,1-3H3. The maximum absolute atomic E-state index is 5.19. The summed E-state index contributed by atoms with van der Waals surface area (Å²) >= 11 is 0. The van der Waals surface area contributed by atoms with Crippen molar-refractivity contribution in [3.8, 4) is 5.75 Å². The minimum atomic E-state index is 0.627. The van der Waals surface area contributed by atoms with Crippen molar-refractivity contribution in [2.75, 3.05) is 32.1 Å². The van der Waals surface area contributed by atoms with Crippen LogP contribution in [0.15, 0.2) is 24.3 Å². The van der Waals surface area contributed by atoms with E-state index >= 15 is 0 Å². The van der Waals surface area contributed by atoms with Gasteiger partial charge in [0.1, 0.15) is 5.75 Å². The maximum Gasteiger partial charge on any atom is 0.119 e. The fraction of sp³-hybridized carbons (Fsp3) is 0.600. The summed E-state index contributed by atoms with van der Waals surface area (Å²) in [6.45, 7) is 4.31. The molecule has 2 rings (SSSR count). The third-order valence-electron chi connectivity index (χ3n) is 3.64. The molecule has 0 radical (unpaired) electrons. The Labute approximate surface area is 110 Å². The fourth-order valence-corrected chi connectivity index (χ4v) is 2.38. The summed E-state index contributed by atoms with van der Waals surface area (Å²) in [6, 6.07) is 8.90. The molecular formula is C15H24N2O. The average Bonchev–Trinajstić information content (AvgIpc) is 3.22. The third kappa shape index (κ3) is 3.39. The van der Waals surface area contributed by atoms with Crippen LogP contribution in [-0.4, -0.2) is 33.3 Å². The first kappa shape index (κ1) is 13.2. The first-order valence-electron chi connectivity index (χ1n) is 6.83. The van der Waals surface area contributed by atoms with Gasteiger partial charge < -0.3 is 15.0 Å². The number of methoxy groups -OCH3 is 1. The highest BCUT2D eigenvalue weighted by molar-refractivity contribution is 5.48. The summed E-state index contributed by atoms with van der Waals surface area (Å²) in [5.41, 5.74) is 1.25. The Kier molecular flexibility index (Phi) is 4.48. The lowest BCUT2D eigenvalue weighted by molar-refractivity contribution is 0.414. The molecule has 0 bridgehead atoms. The number of anilines is 1. The normalized spacial score (nSPS) is 16.4. The van der Waals surface area contributed by atoms with Gasteiger partial charge >= 0.3 is 0 Å². The van der Waals surface area contributed by atoms with Crippen LogP contribution in [0.2, 0.25) is 0 Å². The molecule has 0 aromatic heterocycles. The van der Waals surface area contributed by atoms with E-state index in [1.54, 1.807) is 7.11 Å². The summed E-state index contributed by atoms with van der Waals surface area (Å²) in [7, 11) is 3.86. The van der Waals surface area contributed by atoms with Crippen molar-refractivity contribution < 1.29 is 4.74 Å². The van der Waals surface area contributed by atoms with E-state index in [0.717, 1.165) is 24.8 Å². The Morgan fingerprint density at radius 2 is 2.00 bits per heavy atom. The van der Waals surface area contributed by atoms with Crippen LogP contribution < -0.4 is 15.0 Å².